The summed E-state index contributed by atoms with van der Waals surface area (Å²) >= 11 is 0. The van der Waals surface area contributed by atoms with Crippen molar-refractivity contribution in [2.75, 3.05) is 24.5 Å². The molecule has 4 nitrogen and oxygen atoms in total. The number of anilines is 1. The van der Waals surface area contributed by atoms with Crippen LogP contribution >= 0.6 is 0 Å². The van der Waals surface area contributed by atoms with E-state index >= 15 is 0 Å². The van der Waals surface area contributed by atoms with Crippen LogP contribution in [0.5, 0.6) is 0 Å². The van der Waals surface area contributed by atoms with E-state index in [0.717, 1.165) is 43.6 Å². The molecule has 0 aliphatic carbocycles. The highest BCUT2D eigenvalue weighted by atomic mass is 19.1. The van der Waals surface area contributed by atoms with Gasteiger partial charge < -0.3 is 9.80 Å². The summed E-state index contributed by atoms with van der Waals surface area (Å²) in [6.45, 7) is 3.08. The molecule has 4 rings (SSSR count). The van der Waals surface area contributed by atoms with Crippen LogP contribution in [0.25, 0.3) is 0 Å². The molecule has 0 saturated carbocycles. The normalized spacial score (nSPS) is 21.0. The minimum atomic E-state index is -0.246. The van der Waals surface area contributed by atoms with Crippen molar-refractivity contribution in [2.45, 2.75) is 25.8 Å². The van der Waals surface area contributed by atoms with Crippen molar-refractivity contribution in [3.8, 4) is 0 Å². The molecule has 5 heteroatoms. The Balaban J connectivity index is 1.40. The Bertz CT molecular complexity index is 814. The number of hydrogen-bond donors (Lipinski definition) is 0. The van der Waals surface area contributed by atoms with Crippen LogP contribution in [0.3, 0.4) is 0 Å². The van der Waals surface area contributed by atoms with Crippen LogP contribution in [-0.2, 0) is 11.3 Å². The van der Waals surface area contributed by atoms with Gasteiger partial charge in [-0.3, -0.25) is 9.78 Å². The molecule has 2 aliphatic rings. The lowest BCUT2D eigenvalue weighted by Gasteiger charge is -2.37. The number of nitrogens with zero attached hydrogens (tertiary/aromatic N) is 3. The molecule has 0 spiro atoms. The maximum absolute atomic E-state index is 13.3. The monoisotopic (exact) mass is 379 g/mol. The third kappa shape index (κ3) is 4.24. The van der Waals surface area contributed by atoms with E-state index in [4.69, 9.17) is 0 Å². The standard InChI is InChI=1S/C23H26FN3O/c24-20-8-6-18(7-9-20)17-27-13-2-1-5-22(23(27)28)19-10-14-26(15-11-19)21-4-3-12-25-16-21/h1-4,6-9,12,16,19,22H,5,10-11,13-15,17H2. The highest BCUT2D eigenvalue weighted by Crippen LogP contribution is 2.32. The molecule has 2 aromatic rings. The first-order chi connectivity index (χ1) is 13.7. The molecule has 0 bridgehead atoms. The molecule has 1 amide bonds. The largest absolute Gasteiger partial charge is 0.370 e. The first-order valence-electron chi connectivity index (χ1n) is 10.0. The van der Waals surface area contributed by atoms with Gasteiger partial charge in [0.2, 0.25) is 5.91 Å². The van der Waals surface area contributed by atoms with Gasteiger partial charge in [-0.05, 0) is 55.0 Å². The molecule has 0 N–H and O–H groups in total. The third-order valence-electron chi connectivity index (χ3n) is 5.92. The zero-order chi connectivity index (χ0) is 19.3. The lowest BCUT2D eigenvalue weighted by atomic mass is 9.81. The predicted octanol–water partition coefficient (Wildman–Crippen LogP) is 4.04. The molecule has 1 aromatic heterocycles. The summed E-state index contributed by atoms with van der Waals surface area (Å²) in [5.74, 6) is 0.423. The fourth-order valence-electron chi connectivity index (χ4n) is 4.32. The molecule has 2 aliphatic heterocycles. The number of halogens is 1. The van der Waals surface area contributed by atoms with Gasteiger partial charge in [-0.15, -0.1) is 0 Å². The van der Waals surface area contributed by atoms with Gasteiger partial charge in [0.1, 0.15) is 5.82 Å². The lowest BCUT2D eigenvalue weighted by molar-refractivity contribution is -0.137. The van der Waals surface area contributed by atoms with Crippen LogP contribution in [0.4, 0.5) is 10.1 Å². The first-order valence-corrected chi connectivity index (χ1v) is 10.0. The maximum atomic E-state index is 13.3. The highest BCUT2D eigenvalue weighted by molar-refractivity contribution is 5.80. The Labute approximate surface area is 165 Å². The van der Waals surface area contributed by atoms with E-state index in [1.165, 1.54) is 12.1 Å². The second-order valence-electron chi connectivity index (χ2n) is 7.69. The van der Waals surface area contributed by atoms with Crippen molar-refractivity contribution in [3.05, 3.63) is 72.3 Å². The topological polar surface area (TPSA) is 36.4 Å². The van der Waals surface area contributed by atoms with E-state index < -0.39 is 0 Å². The molecule has 1 aromatic carbocycles. The Kier molecular flexibility index (Phi) is 5.70. The van der Waals surface area contributed by atoms with E-state index in [9.17, 15) is 9.18 Å². The van der Waals surface area contributed by atoms with Gasteiger partial charge in [0.15, 0.2) is 0 Å². The van der Waals surface area contributed by atoms with Gasteiger partial charge in [-0.2, -0.15) is 0 Å². The number of carbonyl (C=O) groups excluding carboxylic acids is 1. The molecule has 0 radical (unpaired) electrons. The average molecular weight is 379 g/mol. The fourth-order valence-corrected chi connectivity index (χ4v) is 4.32. The average Bonchev–Trinajstić information content (AvgIpc) is 2.92. The summed E-state index contributed by atoms with van der Waals surface area (Å²) in [6.07, 6.45) is 10.8. The summed E-state index contributed by atoms with van der Waals surface area (Å²) in [7, 11) is 0. The summed E-state index contributed by atoms with van der Waals surface area (Å²) in [5, 5.41) is 0. The van der Waals surface area contributed by atoms with Crippen LogP contribution in [0.2, 0.25) is 0 Å². The fraction of sp³-hybridized carbons (Fsp3) is 0.391. The van der Waals surface area contributed by atoms with Crippen molar-refractivity contribution in [3.63, 3.8) is 0 Å². The van der Waals surface area contributed by atoms with Crippen LogP contribution in [0.1, 0.15) is 24.8 Å². The Hall–Kier alpha value is -2.69. The van der Waals surface area contributed by atoms with E-state index in [-0.39, 0.29) is 17.6 Å². The van der Waals surface area contributed by atoms with Crippen molar-refractivity contribution in [2.24, 2.45) is 11.8 Å². The van der Waals surface area contributed by atoms with Gasteiger partial charge in [-0.1, -0.05) is 24.3 Å². The van der Waals surface area contributed by atoms with Gasteiger partial charge in [-0.25, -0.2) is 4.39 Å². The number of piperidine rings is 1. The molecule has 1 fully saturated rings. The minimum absolute atomic E-state index is 0.0373. The summed E-state index contributed by atoms with van der Waals surface area (Å²) in [5.41, 5.74) is 2.13. The zero-order valence-electron chi connectivity index (χ0n) is 16.0. The van der Waals surface area contributed by atoms with E-state index in [1.807, 2.05) is 17.2 Å². The number of carbonyl (C=O) groups is 1. The van der Waals surface area contributed by atoms with E-state index in [1.54, 1.807) is 18.3 Å². The molecule has 1 atom stereocenters. The number of rotatable bonds is 4. The highest BCUT2D eigenvalue weighted by Gasteiger charge is 2.34. The molecule has 3 heterocycles. The van der Waals surface area contributed by atoms with E-state index in [0.29, 0.717) is 19.0 Å². The summed E-state index contributed by atoms with van der Waals surface area (Å²) in [4.78, 5) is 21.7. The SMILES string of the molecule is O=C1C(C2CCN(c3cccnc3)CC2)CC=CCN1Cc1ccc(F)cc1. The van der Waals surface area contributed by atoms with E-state index in [2.05, 4.69) is 28.1 Å². The molecule has 1 unspecified atom stereocenters. The maximum Gasteiger partial charge on any atom is 0.226 e. The van der Waals surface area contributed by atoms with Crippen LogP contribution in [-0.4, -0.2) is 35.4 Å². The molecule has 146 valence electrons. The number of benzene rings is 1. The summed E-state index contributed by atoms with van der Waals surface area (Å²) < 4.78 is 13.2. The smallest absolute Gasteiger partial charge is 0.226 e. The summed E-state index contributed by atoms with van der Waals surface area (Å²) in [6, 6.07) is 10.5. The lowest BCUT2D eigenvalue weighted by Crippen LogP contribution is -2.42. The van der Waals surface area contributed by atoms with Crippen LogP contribution in [0, 0.1) is 17.7 Å². The third-order valence-corrected chi connectivity index (χ3v) is 5.92. The molecular weight excluding hydrogens is 353 g/mol. The quantitative estimate of drug-likeness (QED) is 0.752. The van der Waals surface area contributed by atoms with Crippen LogP contribution in [0.15, 0.2) is 60.9 Å². The Morgan fingerprint density at radius 1 is 1.07 bits per heavy atom. The van der Waals surface area contributed by atoms with Gasteiger partial charge in [0.25, 0.3) is 0 Å². The number of aromatic nitrogens is 1. The number of hydrogen-bond acceptors (Lipinski definition) is 3. The van der Waals surface area contributed by atoms with Gasteiger partial charge in [0.05, 0.1) is 11.9 Å². The predicted molar refractivity (Wildman–Crippen MR) is 108 cm³/mol. The zero-order valence-corrected chi connectivity index (χ0v) is 16.0. The molecule has 28 heavy (non-hydrogen) atoms. The molecular formula is C23H26FN3O. The second-order valence-corrected chi connectivity index (χ2v) is 7.69. The van der Waals surface area contributed by atoms with Crippen LogP contribution < -0.4 is 4.90 Å². The Morgan fingerprint density at radius 2 is 1.86 bits per heavy atom. The van der Waals surface area contributed by atoms with Crippen molar-refractivity contribution < 1.29 is 9.18 Å². The number of amides is 1. The molecule has 1 saturated heterocycles. The van der Waals surface area contributed by atoms with Crippen molar-refractivity contribution in [1.82, 2.24) is 9.88 Å². The van der Waals surface area contributed by atoms with Crippen molar-refractivity contribution in [1.29, 1.82) is 0 Å². The Morgan fingerprint density at radius 3 is 2.57 bits per heavy atom. The number of pyridine rings is 1. The minimum Gasteiger partial charge on any atom is -0.370 e. The van der Waals surface area contributed by atoms with Gasteiger partial charge >= 0.3 is 0 Å². The number of allylic oxidation sites excluding steroid dienone is 1. The first kappa shape index (κ1) is 18.7. The van der Waals surface area contributed by atoms with Gasteiger partial charge in [0, 0.05) is 38.3 Å². The second kappa shape index (κ2) is 8.55. The van der Waals surface area contributed by atoms with Crippen molar-refractivity contribution >= 4 is 11.6 Å².